The topological polar surface area (TPSA) is 41.1 Å². The summed E-state index contributed by atoms with van der Waals surface area (Å²) in [5.41, 5.74) is -0.0796. The Hall–Kier alpha value is -2.19. The molecule has 3 nitrogen and oxygen atoms in total. The van der Waals surface area contributed by atoms with Crippen LogP contribution in [0.15, 0.2) is 36.4 Å². The maximum absolute atomic E-state index is 13.6. The van der Waals surface area contributed by atoms with Crippen LogP contribution in [0.4, 0.5) is 22.6 Å². The van der Waals surface area contributed by atoms with Crippen LogP contribution in [0.25, 0.3) is 5.57 Å². The number of benzene rings is 1. The first-order chi connectivity index (χ1) is 12.1. The van der Waals surface area contributed by atoms with Crippen LogP contribution in [0, 0.1) is 11.6 Å². The Kier molecular flexibility index (Phi) is 6.20. The number of hydrogen-bond donors (Lipinski definition) is 2. The van der Waals surface area contributed by atoms with E-state index in [0.29, 0.717) is 15.5 Å². The van der Waals surface area contributed by atoms with E-state index in [1.807, 2.05) is 0 Å². The number of rotatable bonds is 6. The average molecular weight is 386 g/mol. The van der Waals surface area contributed by atoms with E-state index in [-0.39, 0.29) is 0 Å². The number of carbonyl (C=O) groups excluding carboxylic acids is 1. The highest BCUT2D eigenvalue weighted by atomic mass is 32.1. The van der Waals surface area contributed by atoms with Gasteiger partial charge in [-0.3, -0.25) is 4.79 Å². The minimum absolute atomic E-state index is 0.352. The largest absolute Gasteiger partial charge is 0.313 e. The van der Waals surface area contributed by atoms with Crippen molar-refractivity contribution in [3.05, 3.63) is 58.5 Å². The molecule has 0 radical (unpaired) electrons. The first-order valence-electron chi connectivity index (χ1n) is 7.72. The van der Waals surface area contributed by atoms with E-state index < -0.39 is 35.1 Å². The Morgan fingerprint density at radius 1 is 1.19 bits per heavy atom. The second kappa shape index (κ2) is 8.01. The molecule has 1 atom stereocenters. The van der Waals surface area contributed by atoms with Crippen LogP contribution in [0.1, 0.15) is 29.1 Å². The van der Waals surface area contributed by atoms with Gasteiger partial charge in [0.25, 0.3) is 11.8 Å². The molecule has 0 aliphatic rings. The molecule has 0 spiro atoms. The lowest BCUT2D eigenvalue weighted by Crippen LogP contribution is -2.39. The van der Waals surface area contributed by atoms with Crippen LogP contribution >= 0.6 is 11.3 Å². The fraction of sp³-hybridized carbons (Fsp3) is 0.278. The van der Waals surface area contributed by atoms with Crippen LogP contribution in [-0.2, 0) is 0 Å². The summed E-state index contributed by atoms with van der Waals surface area (Å²) in [7, 11) is 1.44. The van der Waals surface area contributed by atoms with Gasteiger partial charge in [-0.05, 0) is 43.8 Å². The van der Waals surface area contributed by atoms with E-state index in [1.54, 1.807) is 19.1 Å². The highest BCUT2D eigenvalue weighted by Gasteiger charge is 2.31. The number of allylic oxidation sites excluding steroid dienone is 1. The minimum Gasteiger partial charge on any atom is -0.313 e. The van der Waals surface area contributed by atoms with Gasteiger partial charge in [-0.1, -0.05) is 12.1 Å². The minimum atomic E-state index is -2.94. The van der Waals surface area contributed by atoms with Gasteiger partial charge >= 0.3 is 0 Å². The summed E-state index contributed by atoms with van der Waals surface area (Å²) in [5.74, 6) is -5.77. The molecule has 1 aromatic carbocycles. The third-order valence-corrected chi connectivity index (χ3v) is 4.83. The van der Waals surface area contributed by atoms with Crippen molar-refractivity contribution in [1.29, 1.82) is 0 Å². The lowest BCUT2D eigenvalue weighted by molar-refractivity contribution is -0.0000460. The molecule has 1 amide bonds. The second-order valence-electron chi connectivity index (χ2n) is 5.79. The van der Waals surface area contributed by atoms with E-state index in [0.717, 1.165) is 30.4 Å². The predicted molar refractivity (Wildman–Crippen MR) is 95.7 cm³/mol. The van der Waals surface area contributed by atoms with Crippen LogP contribution in [-0.4, -0.2) is 24.9 Å². The highest BCUT2D eigenvalue weighted by molar-refractivity contribution is 7.17. The first kappa shape index (κ1) is 20.1. The van der Waals surface area contributed by atoms with Gasteiger partial charge in [0.05, 0.1) is 11.0 Å². The molecule has 2 N–H and O–H groups in total. The number of alkyl halides is 2. The summed E-state index contributed by atoms with van der Waals surface area (Å²) in [6, 6.07) is 5.20. The van der Waals surface area contributed by atoms with Crippen molar-refractivity contribution in [2.75, 3.05) is 12.4 Å². The van der Waals surface area contributed by atoms with Gasteiger partial charge in [0, 0.05) is 11.8 Å². The molecule has 1 heterocycles. The summed E-state index contributed by atoms with van der Waals surface area (Å²) in [6.07, 6.45) is 1.40. The maximum Gasteiger partial charge on any atom is 0.263 e. The molecule has 1 aromatic heterocycles. The van der Waals surface area contributed by atoms with E-state index in [2.05, 4.69) is 10.6 Å². The zero-order chi connectivity index (χ0) is 19.5. The number of thiophene rings is 1. The molecule has 0 aliphatic carbocycles. The van der Waals surface area contributed by atoms with Crippen molar-refractivity contribution in [2.45, 2.75) is 25.8 Å². The molecule has 2 aromatic rings. The molecule has 1 unspecified atom stereocenters. The fourth-order valence-corrected chi connectivity index (χ4v) is 3.20. The van der Waals surface area contributed by atoms with Gasteiger partial charge in [-0.2, -0.15) is 0 Å². The Labute approximate surface area is 152 Å². The predicted octanol–water partition coefficient (Wildman–Crippen LogP) is 4.93. The summed E-state index contributed by atoms with van der Waals surface area (Å²) in [6.45, 7) is 2.49. The number of anilines is 1. The zero-order valence-electron chi connectivity index (χ0n) is 14.4. The number of nitrogens with one attached hydrogen (secondary N) is 2. The molecule has 0 saturated heterocycles. The third-order valence-electron chi connectivity index (χ3n) is 3.69. The number of halogens is 4. The summed E-state index contributed by atoms with van der Waals surface area (Å²) >= 11 is 1.12. The van der Waals surface area contributed by atoms with Gasteiger partial charge in [0.2, 0.25) is 0 Å². The van der Waals surface area contributed by atoms with Crippen LogP contribution in [0.2, 0.25) is 0 Å². The average Bonchev–Trinajstić information content (AvgIpc) is 2.99. The molecule has 0 bridgehead atoms. The standard InChI is InChI=1S/C18H18F4N2OS/c1-10(9-14(23-3)18(2,21)22)13-7-8-15(26-13)24-17(25)16-11(19)5-4-6-12(16)20/h4-9,14,23H,1-3H3,(H,24,25)/b10-9+. The van der Waals surface area contributed by atoms with E-state index in [4.69, 9.17) is 0 Å². The molecular weight excluding hydrogens is 368 g/mol. The molecule has 0 fully saturated rings. The molecule has 26 heavy (non-hydrogen) atoms. The van der Waals surface area contributed by atoms with Gasteiger partial charge in [0.1, 0.15) is 17.2 Å². The van der Waals surface area contributed by atoms with E-state index in [1.165, 1.54) is 19.2 Å². The number of hydrogen-bond acceptors (Lipinski definition) is 3. The van der Waals surface area contributed by atoms with Crippen LogP contribution in [0.5, 0.6) is 0 Å². The fourth-order valence-electron chi connectivity index (χ4n) is 2.32. The first-order valence-corrected chi connectivity index (χ1v) is 8.54. The molecule has 140 valence electrons. The molecule has 2 rings (SSSR count). The van der Waals surface area contributed by atoms with Crippen LogP contribution in [0.3, 0.4) is 0 Å². The van der Waals surface area contributed by atoms with Crippen molar-refractivity contribution in [1.82, 2.24) is 5.32 Å². The number of amides is 1. The highest BCUT2D eigenvalue weighted by Crippen LogP contribution is 2.30. The normalized spacial score (nSPS) is 13.6. The smallest absolute Gasteiger partial charge is 0.263 e. The SMILES string of the molecule is CNC(/C=C(\C)c1ccc(NC(=O)c2c(F)cccc2F)s1)C(C)(F)F. The Balaban J connectivity index is 2.18. The monoisotopic (exact) mass is 386 g/mol. The van der Waals surface area contributed by atoms with Crippen molar-refractivity contribution >= 4 is 27.8 Å². The molecule has 0 aliphatic heterocycles. The van der Waals surface area contributed by atoms with Crippen molar-refractivity contribution in [2.24, 2.45) is 0 Å². The molecule has 8 heteroatoms. The van der Waals surface area contributed by atoms with Gasteiger partial charge in [-0.25, -0.2) is 17.6 Å². The summed E-state index contributed by atoms with van der Waals surface area (Å²) in [5, 5.41) is 5.31. The van der Waals surface area contributed by atoms with Gasteiger partial charge < -0.3 is 10.6 Å². The number of carbonyl (C=O) groups is 1. The second-order valence-corrected chi connectivity index (χ2v) is 6.87. The Morgan fingerprint density at radius 3 is 2.35 bits per heavy atom. The van der Waals surface area contributed by atoms with Crippen molar-refractivity contribution in [3.63, 3.8) is 0 Å². The van der Waals surface area contributed by atoms with Crippen LogP contribution < -0.4 is 10.6 Å². The number of likely N-dealkylation sites (N-methyl/N-ethyl adjacent to an activating group) is 1. The van der Waals surface area contributed by atoms with E-state index in [9.17, 15) is 22.4 Å². The maximum atomic E-state index is 13.6. The Morgan fingerprint density at radius 2 is 1.81 bits per heavy atom. The van der Waals surface area contributed by atoms with E-state index >= 15 is 0 Å². The van der Waals surface area contributed by atoms with Gasteiger partial charge in [-0.15, -0.1) is 11.3 Å². The Bertz CT molecular complexity index is 807. The molecule has 0 saturated carbocycles. The quantitative estimate of drug-likeness (QED) is 0.692. The lowest BCUT2D eigenvalue weighted by Gasteiger charge is -2.20. The zero-order valence-corrected chi connectivity index (χ0v) is 15.2. The lowest BCUT2D eigenvalue weighted by atomic mass is 10.1. The molecular formula is C18H18F4N2OS. The summed E-state index contributed by atoms with van der Waals surface area (Å²) < 4.78 is 54.2. The van der Waals surface area contributed by atoms with Gasteiger partial charge in [0.15, 0.2) is 0 Å². The van der Waals surface area contributed by atoms with Crippen molar-refractivity contribution in [3.8, 4) is 0 Å². The summed E-state index contributed by atoms with van der Waals surface area (Å²) in [4.78, 5) is 12.7. The third kappa shape index (κ3) is 4.70. The van der Waals surface area contributed by atoms with Crippen molar-refractivity contribution < 1.29 is 22.4 Å².